The average Bonchev–Trinajstić information content (AvgIpc) is 2.45. The summed E-state index contributed by atoms with van der Waals surface area (Å²) < 4.78 is 37.3. The van der Waals surface area contributed by atoms with Gasteiger partial charge in [-0.25, -0.2) is 0 Å². The van der Waals surface area contributed by atoms with Gasteiger partial charge < -0.3 is 4.90 Å². The maximum atomic E-state index is 12.4. The minimum atomic E-state index is -4.26. The van der Waals surface area contributed by atoms with Crippen molar-refractivity contribution in [3.63, 3.8) is 0 Å². The van der Waals surface area contributed by atoms with E-state index in [1.165, 1.54) is 4.90 Å². The minimum absolute atomic E-state index is 0.368. The summed E-state index contributed by atoms with van der Waals surface area (Å²) in [6.07, 6.45) is -5.90. The molecule has 0 spiro atoms. The van der Waals surface area contributed by atoms with Crippen molar-refractivity contribution >= 4 is 5.84 Å². The third kappa shape index (κ3) is 1.52. The molecule has 2 heterocycles. The summed E-state index contributed by atoms with van der Waals surface area (Å²) in [6.45, 7) is 1.47. The van der Waals surface area contributed by atoms with Crippen molar-refractivity contribution in [3.8, 4) is 0 Å². The zero-order chi connectivity index (χ0) is 10.3. The van der Waals surface area contributed by atoms with Gasteiger partial charge in [0.2, 0.25) is 6.17 Å². The topological polar surface area (TPSA) is 30.9 Å². The number of rotatable bonds is 0. The standard InChI is InChI=1S/C7H11F3N4/c1-13-2-3-14-5(4-13)11-12-6(14)7(8,9)10/h6,12H,2-4H2,1H3. The molecule has 2 aliphatic heterocycles. The predicted octanol–water partition coefficient (Wildman–Crippen LogP) is 0.0389. The third-order valence-electron chi connectivity index (χ3n) is 2.40. The van der Waals surface area contributed by atoms with E-state index in [9.17, 15) is 13.2 Å². The number of nitrogens with one attached hydrogen (secondary N) is 1. The van der Waals surface area contributed by atoms with Gasteiger partial charge in [0, 0.05) is 13.1 Å². The van der Waals surface area contributed by atoms with Crippen molar-refractivity contribution in [3.05, 3.63) is 0 Å². The lowest BCUT2D eigenvalue weighted by Gasteiger charge is -2.35. The molecule has 0 saturated carbocycles. The summed E-state index contributed by atoms with van der Waals surface area (Å²) >= 11 is 0. The Morgan fingerprint density at radius 1 is 1.43 bits per heavy atom. The van der Waals surface area contributed by atoms with E-state index in [4.69, 9.17) is 0 Å². The van der Waals surface area contributed by atoms with Gasteiger partial charge in [0.05, 0.1) is 6.54 Å². The van der Waals surface area contributed by atoms with Crippen LogP contribution in [0.25, 0.3) is 0 Å². The number of piperazine rings is 1. The Balaban J connectivity index is 2.10. The van der Waals surface area contributed by atoms with E-state index in [0.29, 0.717) is 25.5 Å². The summed E-state index contributed by atoms with van der Waals surface area (Å²) in [7, 11) is 1.86. The van der Waals surface area contributed by atoms with Crippen LogP contribution in [-0.4, -0.2) is 54.7 Å². The molecule has 1 atom stereocenters. The van der Waals surface area contributed by atoms with Crippen molar-refractivity contribution in [2.24, 2.45) is 5.10 Å². The quantitative estimate of drug-likeness (QED) is 0.609. The SMILES string of the molecule is CN1CCN2C(=NNC2C(F)(F)F)C1. The van der Waals surface area contributed by atoms with Crippen molar-refractivity contribution < 1.29 is 13.2 Å². The van der Waals surface area contributed by atoms with Gasteiger partial charge in [-0.15, -0.1) is 0 Å². The molecule has 1 saturated heterocycles. The van der Waals surface area contributed by atoms with E-state index in [0.717, 1.165) is 0 Å². The van der Waals surface area contributed by atoms with Crippen LogP contribution in [0.15, 0.2) is 5.10 Å². The molecule has 2 rings (SSSR count). The fourth-order valence-electron chi connectivity index (χ4n) is 1.65. The number of alkyl halides is 3. The second kappa shape index (κ2) is 3.01. The lowest BCUT2D eigenvalue weighted by atomic mass is 10.3. The van der Waals surface area contributed by atoms with E-state index in [-0.39, 0.29) is 0 Å². The molecule has 0 aliphatic carbocycles. The van der Waals surface area contributed by atoms with Crippen LogP contribution >= 0.6 is 0 Å². The number of hydrogen-bond donors (Lipinski definition) is 1. The molecule has 2 aliphatic rings. The van der Waals surface area contributed by atoms with Gasteiger partial charge in [-0.2, -0.15) is 18.3 Å². The highest BCUT2D eigenvalue weighted by atomic mass is 19.4. The van der Waals surface area contributed by atoms with Crippen LogP contribution in [0.2, 0.25) is 0 Å². The zero-order valence-corrected chi connectivity index (χ0v) is 7.67. The third-order valence-corrected chi connectivity index (χ3v) is 2.40. The number of fused-ring (bicyclic) bond motifs is 1. The second-order valence-corrected chi connectivity index (χ2v) is 3.53. The Labute approximate surface area is 79.3 Å². The lowest BCUT2D eigenvalue weighted by molar-refractivity contribution is -0.179. The maximum Gasteiger partial charge on any atom is 0.428 e. The molecule has 0 amide bonds. The molecule has 7 heteroatoms. The summed E-state index contributed by atoms with van der Waals surface area (Å²) in [5.74, 6) is 0.473. The number of hydrogen-bond acceptors (Lipinski definition) is 4. The van der Waals surface area contributed by atoms with Gasteiger partial charge >= 0.3 is 6.18 Å². The predicted molar refractivity (Wildman–Crippen MR) is 44.6 cm³/mol. The average molecular weight is 208 g/mol. The zero-order valence-electron chi connectivity index (χ0n) is 7.67. The summed E-state index contributed by atoms with van der Waals surface area (Å²) in [5.41, 5.74) is 2.12. The van der Waals surface area contributed by atoms with Gasteiger partial charge in [-0.3, -0.25) is 10.3 Å². The van der Waals surface area contributed by atoms with Crippen molar-refractivity contribution in [1.82, 2.24) is 15.2 Å². The smallest absolute Gasteiger partial charge is 0.327 e. The van der Waals surface area contributed by atoms with Gasteiger partial charge in [0.1, 0.15) is 5.84 Å². The fourth-order valence-corrected chi connectivity index (χ4v) is 1.65. The number of hydrazone groups is 1. The molecule has 1 unspecified atom stereocenters. The molecule has 4 nitrogen and oxygen atoms in total. The van der Waals surface area contributed by atoms with Crippen LogP contribution in [0, 0.1) is 0 Å². The largest absolute Gasteiger partial charge is 0.428 e. The van der Waals surface area contributed by atoms with Gasteiger partial charge in [0.15, 0.2) is 0 Å². The van der Waals surface area contributed by atoms with Crippen LogP contribution < -0.4 is 5.43 Å². The van der Waals surface area contributed by atoms with Crippen LogP contribution in [-0.2, 0) is 0 Å². The highest BCUT2D eigenvalue weighted by Gasteiger charge is 2.48. The molecule has 1 N–H and O–H groups in total. The van der Waals surface area contributed by atoms with Gasteiger partial charge in [-0.1, -0.05) is 0 Å². The van der Waals surface area contributed by atoms with Crippen molar-refractivity contribution in [2.75, 3.05) is 26.7 Å². The first-order valence-electron chi connectivity index (χ1n) is 4.32. The van der Waals surface area contributed by atoms with E-state index in [1.807, 2.05) is 11.9 Å². The van der Waals surface area contributed by atoms with Crippen molar-refractivity contribution in [1.29, 1.82) is 0 Å². The lowest BCUT2D eigenvalue weighted by Crippen LogP contribution is -2.56. The van der Waals surface area contributed by atoms with Gasteiger partial charge in [0.25, 0.3) is 0 Å². The fraction of sp³-hybridized carbons (Fsp3) is 0.857. The Hall–Kier alpha value is -0.980. The normalized spacial score (nSPS) is 28.4. The summed E-state index contributed by atoms with van der Waals surface area (Å²) in [4.78, 5) is 3.22. The molecular formula is C7H11F3N4. The van der Waals surface area contributed by atoms with Crippen molar-refractivity contribution in [2.45, 2.75) is 12.3 Å². The molecule has 0 aromatic rings. The first-order chi connectivity index (χ1) is 6.48. The Bertz CT molecular complexity index is 262. The number of nitrogens with zero attached hydrogens (tertiary/aromatic N) is 3. The van der Waals surface area contributed by atoms with E-state index in [1.54, 1.807) is 0 Å². The molecule has 0 radical (unpaired) electrons. The summed E-state index contributed by atoms with van der Waals surface area (Å²) in [6, 6.07) is 0. The van der Waals surface area contributed by atoms with E-state index < -0.39 is 12.3 Å². The van der Waals surface area contributed by atoms with E-state index in [2.05, 4.69) is 10.5 Å². The molecule has 0 aromatic carbocycles. The first kappa shape index (κ1) is 9.57. The number of amidine groups is 1. The van der Waals surface area contributed by atoms with Crippen LogP contribution in [0.3, 0.4) is 0 Å². The van der Waals surface area contributed by atoms with Crippen LogP contribution in [0.5, 0.6) is 0 Å². The molecule has 1 fully saturated rings. The molecule has 14 heavy (non-hydrogen) atoms. The molecular weight excluding hydrogens is 197 g/mol. The molecule has 0 aromatic heterocycles. The first-order valence-corrected chi connectivity index (χ1v) is 4.32. The molecule has 0 bridgehead atoms. The molecule has 80 valence electrons. The Kier molecular flexibility index (Phi) is 2.06. The van der Waals surface area contributed by atoms with Crippen LogP contribution in [0.4, 0.5) is 13.2 Å². The minimum Gasteiger partial charge on any atom is -0.327 e. The summed E-state index contributed by atoms with van der Waals surface area (Å²) in [5, 5.41) is 3.69. The van der Waals surface area contributed by atoms with Crippen LogP contribution in [0.1, 0.15) is 0 Å². The second-order valence-electron chi connectivity index (χ2n) is 3.53. The Morgan fingerprint density at radius 2 is 2.14 bits per heavy atom. The highest BCUT2D eigenvalue weighted by Crippen LogP contribution is 2.27. The highest BCUT2D eigenvalue weighted by molar-refractivity contribution is 5.86. The van der Waals surface area contributed by atoms with Gasteiger partial charge in [-0.05, 0) is 7.05 Å². The Morgan fingerprint density at radius 3 is 2.79 bits per heavy atom. The number of halogens is 3. The monoisotopic (exact) mass is 208 g/mol. The maximum absolute atomic E-state index is 12.4. The van der Waals surface area contributed by atoms with E-state index >= 15 is 0 Å². The number of likely N-dealkylation sites (N-methyl/N-ethyl adjacent to an activating group) is 1.